The van der Waals surface area contributed by atoms with Crippen molar-refractivity contribution in [3.8, 4) is 11.3 Å². The highest BCUT2D eigenvalue weighted by Crippen LogP contribution is 2.33. The van der Waals surface area contributed by atoms with E-state index in [-0.39, 0.29) is 42.3 Å². The maximum Gasteiger partial charge on any atom is 0.252 e. The van der Waals surface area contributed by atoms with Crippen LogP contribution in [0.2, 0.25) is 5.02 Å². The van der Waals surface area contributed by atoms with Crippen molar-refractivity contribution in [2.45, 2.75) is 39.8 Å². The fraction of sp³-hybridized carbons (Fsp3) is 0.421. The van der Waals surface area contributed by atoms with Gasteiger partial charge in [-0.05, 0) is 18.2 Å². The molecule has 0 unspecified atom stereocenters. The van der Waals surface area contributed by atoms with Gasteiger partial charge in [-0.1, -0.05) is 25.4 Å². The molecule has 0 bridgehead atoms. The molecule has 0 saturated carbocycles. The van der Waals surface area contributed by atoms with Crippen LogP contribution in [0.4, 0.5) is 13.2 Å². The Kier molecular flexibility index (Phi) is 5.62. The lowest BCUT2D eigenvalue weighted by atomic mass is 9.89. The molecule has 2 N–H and O–H groups in total. The topological polar surface area (TPSA) is 81.2 Å². The summed E-state index contributed by atoms with van der Waals surface area (Å²) >= 11 is 5.83. The summed E-state index contributed by atoms with van der Waals surface area (Å²) in [4.78, 5) is 26.1. The van der Waals surface area contributed by atoms with Gasteiger partial charge in [-0.25, -0.2) is 13.2 Å². The molecule has 156 valence electrons. The molecule has 3 rings (SSSR count). The van der Waals surface area contributed by atoms with Gasteiger partial charge in [0.25, 0.3) is 5.91 Å². The summed E-state index contributed by atoms with van der Waals surface area (Å²) < 4.78 is 41.3. The number of carbonyl (C=O) groups is 2. The van der Waals surface area contributed by atoms with Crippen LogP contribution >= 0.6 is 11.6 Å². The van der Waals surface area contributed by atoms with Crippen LogP contribution in [0.15, 0.2) is 18.2 Å². The fourth-order valence-electron chi connectivity index (χ4n) is 3.21. The summed E-state index contributed by atoms with van der Waals surface area (Å²) in [5.41, 5.74) is 5.23. The Labute approximate surface area is 170 Å². The van der Waals surface area contributed by atoms with Crippen LogP contribution in [0.5, 0.6) is 0 Å². The third-order valence-corrected chi connectivity index (χ3v) is 5.26. The van der Waals surface area contributed by atoms with Crippen molar-refractivity contribution in [3.05, 3.63) is 40.3 Å². The summed E-state index contributed by atoms with van der Waals surface area (Å²) in [7, 11) is 0. The molecule has 10 heteroatoms. The first-order chi connectivity index (χ1) is 13.5. The summed E-state index contributed by atoms with van der Waals surface area (Å²) in [5, 5.41) is 4.26. The number of hydrogen-bond acceptors (Lipinski definition) is 3. The number of fused-ring (bicyclic) bond motifs is 1. The van der Waals surface area contributed by atoms with Crippen LogP contribution in [0.3, 0.4) is 0 Å². The SMILES string of the molecule is CC(C)(CC(=O)N1CCn2nc(-c3ccc(F)c(Cl)c3)c(C(N)=O)c2C1)C(F)F. The second kappa shape index (κ2) is 7.70. The van der Waals surface area contributed by atoms with E-state index in [4.69, 9.17) is 17.3 Å². The second-order valence-corrected chi connectivity index (χ2v) is 8.08. The minimum Gasteiger partial charge on any atom is -0.365 e. The Morgan fingerprint density at radius 3 is 2.59 bits per heavy atom. The number of halogens is 4. The Morgan fingerprint density at radius 2 is 2.00 bits per heavy atom. The number of primary amides is 1. The summed E-state index contributed by atoms with van der Waals surface area (Å²) in [6, 6.07) is 3.92. The lowest BCUT2D eigenvalue weighted by Crippen LogP contribution is -2.41. The average molecular weight is 429 g/mol. The molecule has 6 nitrogen and oxygen atoms in total. The second-order valence-electron chi connectivity index (χ2n) is 7.67. The molecule has 2 amide bonds. The van der Waals surface area contributed by atoms with E-state index in [2.05, 4.69) is 5.10 Å². The van der Waals surface area contributed by atoms with Gasteiger partial charge in [-0.15, -0.1) is 0 Å². The number of alkyl halides is 2. The highest BCUT2D eigenvalue weighted by molar-refractivity contribution is 6.31. The van der Waals surface area contributed by atoms with Crippen LogP contribution in [0, 0.1) is 11.2 Å². The first kappa shape index (κ1) is 21.2. The predicted molar refractivity (Wildman–Crippen MR) is 101 cm³/mol. The lowest BCUT2D eigenvalue weighted by molar-refractivity contribution is -0.137. The van der Waals surface area contributed by atoms with Gasteiger partial charge < -0.3 is 10.6 Å². The number of hydrogen-bond donors (Lipinski definition) is 1. The van der Waals surface area contributed by atoms with Crippen LogP contribution in [0.1, 0.15) is 36.3 Å². The fourth-order valence-corrected chi connectivity index (χ4v) is 3.39. The molecule has 0 radical (unpaired) electrons. The number of aromatic nitrogens is 2. The van der Waals surface area contributed by atoms with Gasteiger partial charge in [0.05, 0.1) is 29.4 Å². The Hall–Kier alpha value is -2.55. The van der Waals surface area contributed by atoms with Crippen LogP contribution in [-0.2, 0) is 17.9 Å². The maximum absolute atomic E-state index is 13.5. The van der Waals surface area contributed by atoms with E-state index in [0.717, 1.165) is 6.07 Å². The maximum atomic E-state index is 13.5. The van der Waals surface area contributed by atoms with Crippen LogP contribution in [0.25, 0.3) is 11.3 Å². The molecular weight excluding hydrogens is 409 g/mol. The van der Waals surface area contributed by atoms with Gasteiger partial charge in [-0.2, -0.15) is 5.10 Å². The largest absolute Gasteiger partial charge is 0.365 e. The van der Waals surface area contributed by atoms with Gasteiger partial charge in [0.15, 0.2) is 0 Å². The zero-order valence-electron chi connectivity index (χ0n) is 15.9. The zero-order chi connectivity index (χ0) is 21.5. The minimum absolute atomic E-state index is 0.0123. The van der Waals surface area contributed by atoms with Crippen molar-refractivity contribution < 1.29 is 22.8 Å². The Balaban J connectivity index is 1.94. The van der Waals surface area contributed by atoms with Crippen molar-refractivity contribution in [1.82, 2.24) is 14.7 Å². The molecule has 0 fully saturated rings. The minimum atomic E-state index is -2.64. The lowest BCUT2D eigenvalue weighted by Gasteiger charge is -2.31. The molecule has 0 aliphatic carbocycles. The molecule has 0 spiro atoms. The number of nitrogens with two attached hydrogens (primary N) is 1. The van der Waals surface area contributed by atoms with E-state index in [1.165, 1.54) is 30.9 Å². The Bertz CT molecular complexity index is 975. The van der Waals surface area contributed by atoms with E-state index in [1.54, 1.807) is 4.68 Å². The quantitative estimate of drug-likeness (QED) is 0.791. The number of benzene rings is 1. The molecule has 2 aromatic rings. The average Bonchev–Trinajstić information content (AvgIpc) is 3.02. The molecule has 1 aromatic carbocycles. The van der Waals surface area contributed by atoms with Crippen molar-refractivity contribution in [1.29, 1.82) is 0 Å². The van der Waals surface area contributed by atoms with Crippen molar-refractivity contribution in [3.63, 3.8) is 0 Å². The molecule has 2 heterocycles. The van der Waals surface area contributed by atoms with E-state index >= 15 is 0 Å². The highest BCUT2D eigenvalue weighted by atomic mass is 35.5. The van der Waals surface area contributed by atoms with E-state index in [0.29, 0.717) is 11.3 Å². The monoisotopic (exact) mass is 428 g/mol. The van der Waals surface area contributed by atoms with Gasteiger partial charge in [-0.3, -0.25) is 14.3 Å². The smallest absolute Gasteiger partial charge is 0.252 e. The Morgan fingerprint density at radius 1 is 1.31 bits per heavy atom. The number of amides is 2. The first-order valence-electron chi connectivity index (χ1n) is 8.92. The third kappa shape index (κ3) is 4.10. The molecular formula is C19H20ClF3N4O2. The van der Waals surface area contributed by atoms with E-state index in [9.17, 15) is 22.8 Å². The highest BCUT2D eigenvalue weighted by Gasteiger charge is 2.36. The van der Waals surface area contributed by atoms with Gasteiger partial charge in [0.2, 0.25) is 12.3 Å². The summed E-state index contributed by atoms with van der Waals surface area (Å²) in [6.45, 7) is 3.20. The molecule has 0 atom stereocenters. The molecule has 1 aliphatic rings. The third-order valence-electron chi connectivity index (χ3n) is 4.97. The van der Waals surface area contributed by atoms with Gasteiger partial charge in [0, 0.05) is 23.9 Å². The first-order valence-corrected chi connectivity index (χ1v) is 9.30. The summed E-state index contributed by atoms with van der Waals surface area (Å²) in [5.74, 6) is -1.81. The number of rotatable bonds is 5. The molecule has 29 heavy (non-hydrogen) atoms. The van der Waals surface area contributed by atoms with Gasteiger partial charge in [0.1, 0.15) is 11.5 Å². The van der Waals surface area contributed by atoms with Gasteiger partial charge >= 0.3 is 0 Å². The molecule has 1 aliphatic heterocycles. The van der Waals surface area contributed by atoms with E-state index in [1.807, 2.05) is 0 Å². The van der Waals surface area contributed by atoms with Crippen LogP contribution < -0.4 is 5.73 Å². The van der Waals surface area contributed by atoms with Crippen molar-refractivity contribution in [2.24, 2.45) is 11.1 Å². The van der Waals surface area contributed by atoms with Crippen molar-refractivity contribution in [2.75, 3.05) is 6.54 Å². The molecule has 1 aromatic heterocycles. The van der Waals surface area contributed by atoms with E-state index < -0.39 is 29.5 Å². The zero-order valence-corrected chi connectivity index (χ0v) is 16.6. The summed E-state index contributed by atoms with van der Waals surface area (Å²) in [6.07, 6.45) is -2.97. The number of nitrogens with zero attached hydrogens (tertiary/aromatic N) is 3. The number of carbonyl (C=O) groups excluding carboxylic acids is 2. The predicted octanol–water partition coefficient (Wildman–Crippen LogP) is 3.47. The van der Waals surface area contributed by atoms with Crippen molar-refractivity contribution >= 4 is 23.4 Å². The normalized spacial score (nSPS) is 14.2. The standard InChI is InChI=1S/C19H20ClF3N4O2/c1-19(2,18(22)23)8-14(28)26-5-6-27-13(9-26)15(17(24)29)16(25-27)10-3-4-12(21)11(20)7-10/h3-4,7,18H,5-6,8-9H2,1-2H3,(H2,24,29). The molecule has 0 saturated heterocycles. The van der Waals surface area contributed by atoms with Crippen LogP contribution in [-0.4, -0.2) is 39.5 Å².